The van der Waals surface area contributed by atoms with E-state index in [0.29, 0.717) is 11.3 Å². The van der Waals surface area contributed by atoms with E-state index in [1.165, 1.54) is 0 Å². The Bertz CT molecular complexity index is 1150. The van der Waals surface area contributed by atoms with Gasteiger partial charge in [-0.1, -0.05) is 30.3 Å². The third kappa shape index (κ3) is 3.71. The van der Waals surface area contributed by atoms with Gasteiger partial charge in [-0.15, -0.1) is 0 Å². The maximum absolute atomic E-state index is 10.3. The van der Waals surface area contributed by atoms with E-state index in [1.807, 2.05) is 69.6 Å². The molecule has 0 spiro atoms. The summed E-state index contributed by atoms with van der Waals surface area (Å²) in [7, 11) is 1.90. The summed E-state index contributed by atoms with van der Waals surface area (Å²) in [6, 6.07) is 13.8. The van der Waals surface area contributed by atoms with Crippen molar-refractivity contribution in [2.24, 2.45) is 7.05 Å². The summed E-state index contributed by atoms with van der Waals surface area (Å²) < 4.78 is 7.71. The van der Waals surface area contributed by atoms with Gasteiger partial charge in [0.05, 0.1) is 23.4 Å². The molecule has 4 aromatic rings. The molecule has 0 bridgehead atoms. The number of ether oxygens (including phenoxy) is 1. The Kier molecular flexibility index (Phi) is 5.03. The van der Waals surface area contributed by atoms with E-state index in [4.69, 9.17) is 4.74 Å². The minimum absolute atomic E-state index is 0.00531. The van der Waals surface area contributed by atoms with Crippen LogP contribution in [-0.4, -0.2) is 31.0 Å². The molecule has 0 aliphatic rings. The molecule has 0 saturated heterocycles. The molecule has 1 N–H and O–H groups in total. The normalized spacial score (nSPS) is 12.5. The Hall–Kier alpha value is -3.25. The van der Waals surface area contributed by atoms with Gasteiger partial charge in [-0.3, -0.25) is 4.68 Å². The minimum atomic E-state index is -0.677. The van der Waals surface area contributed by atoms with Gasteiger partial charge in [-0.05, 0) is 26.8 Å². The topological polar surface area (TPSA) is 73.1 Å². The molecule has 0 aliphatic heterocycles. The third-order valence-corrected chi connectivity index (χ3v) is 4.71. The van der Waals surface area contributed by atoms with Crippen molar-refractivity contribution in [1.82, 2.24) is 19.7 Å². The molecular weight excluding hydrogens is 364 g/mol. The molecule has 0 amide bonds. The summed E-state index contributed by atoms with van der Waals surface area (Å²) in [4.78, 5) is 9.03. The molecule has 0 saturated carbocycles. The van der Waals surface area contributed by atoms with E-state index in [2.05, 4.69) is 15.1 Å². The predicted octanol–water partition coefficient (Wildman–Crippen LogP) is 4.54. The van der Waals surface area contributed by atoms with Gasteiger partial charge in [-0.2, -0.15) is 5.10 Å². The van der Waals surface area contributed by atoms with Crippen LogP contribution in [0.25, 0.3) is 33.4 Å². The lowest BCUT2D eigenvalue weighted by molar-refractivity contribution is 0.183. The van der Waals surface area contributed by atoms with Crippen molar-refractivity contribution in [3.63, 3.8) is 0 Å². The second kappa shape index (κ2) is 7.64. The van der Waals surface area contributed by atoms with Crippen LogP contribution in [0.2, 0.25) is 0 Å². The third-order valence-electron chi connectivity index (χ3n) is 4.71. The molecule has 6 nitrogen and oxygen atoms in total. The molecule has 0 aliphatic carbocycles. The van der Waals surface area contributed by atoms with Crippen molar-refractivity contribution in [3.8, 4) is 28.3 Å². The van der Waals surface area contributed by atoms with Gasteiger partial charge in [0.1, 0.15) is 17.8 Å². The average molecular weight is 388 g/mol. The molecule has 6 heteroatoms. The van der Waals surface area contributed by atoms with E-state index in [0.717, 1.165) is 33.4 Å². The first-order chi connectivity index (χ1) is 13.9. The molecule has 29 heavy (non-hydrogen) atoms. The summed E-state index contributed by atoms with van der Waals surface area (Å²) in [5.41, 5.74) is 5.05. The van der Waals surface area contributed by atoms with Crippen molar-refractivity contribution < 1.29 is 9.84 Å². The number of hydrogen-bond acceptors (Lipinski definition) is 5. The maximum Gasteiger partial charge on any atom is 0.127 e. The highest BCUT2D eigenvalue weighted by Gasteiger charge is 2.19. The van der Waals surface area contributed by atoms with Crippen LogP contribution >= 0.6 is 0 Å². The molecule has 148 valence electrons. The molecule has 1 atom stereocenters. The number of aliphatic hydroxyl groups excluding tert-OH is 1. The van der Waals surface area contributed by atoms with E-state index in [9.17, 15) is 5.11 Å². The number of benzene rings is 2. The smallest absolute Gasteiger partial charge is 0.127 e. The highest BCUT2D eigenvalue weighted by molar-refractivity contribution is 5.96. The van der Waals surface area contributed by atoms with Crippen LogP contribution in [0, 0.1) is 0 Å². The van der Waals surface area contributed by atoms with Crippen LogP contribution in [0.1, 0.15) is 32.4 Å². The predicted molar refractivity (Wildman–Crippen MR) is 114 cm³/mol. The van der Waals surface area contributed by atoms with Gasteiger partial charge in [0.25, 0.3) is 0 Å². The van der Waals surface area contributed by atoms with Crippen molar-refractivity contribution in [3.05, 3.63) is 60.6 Å². The monoisotopic (exact) mass is 388 g/mol. The highest BCUT2D eigenvalue weighted by Crippen LogP contribution is 2.37. The lowest BCUT2D eigenvalue weighted by Crippen LogP contribution is -2.09. The molecule has 0 radical (unpaired) electrons. The molecule has 2 aromatic carbocycles. The van der Waals surface area contributed by atoms with Gasteiger partial charge in [-0.25, -0.2) is 9.97 Å². The molecular formula is C23H24N4O2. The summed E-state index contributed by atoms with van der Waals surface area (Å²) >= 11 is 0. The van der Waals surface area contributed by atoms with Crippen LogP contribution in [0.15, 0.2) is 55.0 Å². The first-order valence-corrected chi connectivity index (χ1v) is 9.67. The van der Waals surface area contributed by atoms with E-state index in [1.54, 1.807) is 17.9 Å². The lowest BCUT2D eigenvalue weighted by Gasteiger charge is -2.17. The fourth-order valence-electron chi connectivity index (χ4n) is 3.47. The van der Waals surface area contributed by atoms with Gasteiger partial charge in [0, 0.05) is 41.4 Å². The van der Waals surface area contributed by atoms with Gasteiger partial charge in [0.2, 0.25) is 0 Å². The van der Waals surface area contributed by atoms with Gasteiger partial charge in [0.15, 0.2) is 0 Å². The van der Waals surface area contributed by atoms with E-state index >= 15 is 0 Å². The van der Waals surface area contributed by atoms with Crippen LogP contribution < -0.4 is 4.74 Å². The minimum Gasteiger partial charge on any atom is -0.491 e. The Labute approximate surface area is 169 Å². The van der Waals surface area contributed by atoms with Crippen molar-refractivity contribution in [2.75, 3.05) is 0 Å². The number of nitrogens with zero attached hydrogens (tertiary/aromatic N) is 4. The first kappa shape index (κ1) is 19.1. The van der Waals surface area contributed by atoms with Crippen LogP contribution in [0.4, 0.5) is 0 Å². The number of rotatable bonds is 5. The van der Waals surface area contributed by atoms with E-state index < -0.39 is 6.10 Å². The molecule has 2 heterocycles. The Morgan fingerprint density at radius 2 is 1.76 bits per heavy atom. The number of hydrogen-bond donors (Lipinski definition) is 1. The van der Waals surface area contributed by atoms with Crippen molar-refractivity contribution >= 4 is 10.9 Å². The standard InChI is InChI=1S/C23H24N4O2/c1-14(2)29-21-11-20-18(10-17(21)15(3)28)23(25-13-24-20)19-12-27(4)26-22(19)16-8-6-5-7-9-16/h5-15,28H,1-4H3. The molecule has 1 unspecified atom stereocenters. The number of fused-ring (bicyclic) bond motifs is 1. The fourth-order valence-corrected chi connectivity index (χ4v) is 3.47. The summed E-state index contributed by atoms with van der Waals surface area (Å²) in [5, 5.41) is 15.9. The number of aromatic nitrogens is 4. The Morgan fingerprint density at radius 1 is 1.00 bits per heavy atom. The second-order valence-corrected chi connectivity index (χ2v) is 7.40. The van der Waals surface area contributed by atoms with Gasteiger partial charge < -0.3 is 9.84 Å². The van der Waals surface area contributed by atoms with E-state index in [-0.39, 0.29) is 6.10 Å². The highest BCUT2D eigenvalue weighted by atomic mass is 16.5. The first-order valence-electron chi connectivity index (χ1n) is 9.67. The summed E-state index contributed by atoms with van der Waals surface area (Å²) in [5.74, 6) is 0.640. The number of aliphatic hydroxyl groups is 1. The largest absolute Gasteiger partial charge is 0.491 e. The maximum atomic E-state index is 10.3. The second-order valence-electron chi connectivity index (χ2n) is 7.40. The van der Waals surface area contributed by atoms with Crippen LogP contribution in [-0.2, 0) is 7.05 Å². The van der Waals surface area contributed by atoms with Crippen molar-refractivity contribution in [1.29, 1.82) is 0 Å². The lowest BCUT2D eigenvalue weighted by atomic mass is 9.99. The van der Waals surface area contributed by atoms with Crippen molar-refractivity contribution in [2.45, 2.75) is 33.0 Å². The molecule has 4 rings (SSSR count). The summed E-state index contributed by atoms with van der Waals surface area (Å²) in [6.45, 7) is 5.66. The zero-order chi connectivity index (χ0) is 20.5. The molecule has 0 fully saturated rings. The Morgan fingerprint density at radius 3 is 2.45 bits per heavy atom. The quantitative estimate of drug-likeness (QED) is 0.543. The van der Waals surface area contributed by atoms with Crippen LogP contribution in [0.3, 0.4) is 0 Å². The van der Waals surface area contributed by atoms with Crippen LogP contribution in [0.5, 0.6) is 5.75 Å². The van der Waals surface area contributed by atoms with Gasteiger partial charge >= 0.3 is 0 Å². The number of aryl methyl sites for hydroxylation is 1. The summed E-state index contributed by atoms with van der Waals surface area (Å²) in [6.07, 6.45) is 2.84. The Balaban J connectivity index is 1.96. The zero-order valence-electron chi connectivity index (χ0n) is 17.0. The SMILES string of the molecule is CC(C)Oc1cc2ncnc(-c3cn(C)nc3-c3ccccc3)c2cc1C(C)O. The molecule has 2 aromatic heterocycles. The average Bonchev–Trinajstić information content (AvgIpc) is 3.08. The fraction of sp³-hybridized carbons (Fsp3) is 0.261. The zero-order valence-corrected chi connectivity index (χ0v) is 17.0.